The van der Waals surface area contributed by atoms with E-state index in [1.807, 2.05) is 0 Å². The molecular weight excluding hydrogens is 406 g/mol. The summed E-state index contributed by atoms with van der Waals surface area (Å²) >= 11 is 0. The highest BCUT2D eigenvalue weighted by Gasteiger charge is 2.35. The second-order valence-electron chi connectivity index (χ2n) is 7.48. The average Bonchev–Trinajstić information content (AvgIpc) is 2.72. The maximum Gasteiger partial charge on any atom is 0.315 e. The van der Waals surface area contributed by atoms with Crippen LogP contribution in [0.1, 0.15) is 31.4 Å². The van der Waals surface area contributed by atoms with Crippen LogP contribution in [0.2, 0.25) is 0 Å². The molecule has 1 aliphatic rings. The van der Waals surface area contributed by atoms with Gasteiger partial charge in [0.1, 0.15) is 23.0 Å². The van der Waals surface area contributed by atoms with Crippen LogP contribution in [0.15, 0.2) is 36.9 Å². The summed E-state index contributed by atoms with van der Waals surface area (Å²) in [5.41, 5.74) is 1.28. The predicted molar refractivity (Wildman–Crippen MR) is 111 cm³/mol. The molecule has 164 valence electrons. The Balaban J connectivity index is 1.87. The Kier molecular flexibility index (Phi) is 6.05. The summed E-state index contributed by atoms with van der Waals surface area (Å²) < 4.78 is 16.4. The predicted octanol–water partition coefficient (Wildman–Crippen LogP) is 3.85. The highest BCUT2D eigenvalue weighted by Crippen LogP contribution is 2.49. The van der Waals surface area contributed by atoms with Crippen molar-refractivity contribution in [3.63, 3.8) is 0 Å². The van der Waals surface area contributed by atoms with Crippen LogP contribution >= 0.6 is 0 Å². The third-order valence-corrected chi connectivity index (χ3v) is 5.06. The monoisotopic (exact) mass is 429 g/mol. The standard InChI is InChI=1S/C22H23NO8/c1-13-16-7-6-15(28-4)12-17(16)20-18(24)10-14(11-19(20)31-13)22(2,3)21(25)29-8-5-9-30-23(26)27/h6-7,10-12,24H,1,5,8-9H2,2-4H3. The molecule has 1 N–H and O–H groups in total. The smallest absolute Gasteiger partial charge is 0.315 e. The summed E-state index contributed by atoms with van der Waals surface area (Å²) in [6.45, 7) is 7.04. The molecule has 3 rings (SSSR count). The van der Waals surface area contributed by atoms with Gasteiger partial charge in [-0.3, -0.25) is 4.79 Å². The van der Waals surface area contributed by atoms with E-state index in [0.717, 1.165) is 5.56 Å². The molecule has 0 aliphatic carbocycles. The minimum atomic E-state index is -1.12. The molecule has 1 heterocycles. The van der Waals surface area contributed by atoms with Gasteiger partial charge in [-0.15, -0.1) is 10.1 Å². The van der Waals surface area contributed by atoms with E-state index >= 15 is 0 Å². The van der Waals surface area contributed by atoms with Crippen molar-refractivity contribution < 1.29 is 34.0 Å². The van der Waals surface area contributed by atoms with Gasteiger partial charge in [0.2, 0.25) is 0 Å². The summed E-state index contributed by atoms with van der Waals surface area (Å²) in [7, 11) is 1.55. The van der Waals surface area contributed by atoms with Crippen molar-refractivity contribution >= 4 is 11.7 Å². The first kappa shape index (κ1) is 21.9. The fraction of sp³-hybridized carbons (Fsp3) is 0.318. The van der Waals surface area contributed by atoms with E-state index in [0.29, 0.717) is 33.9 Å². The number of esters is 1. The molecule has 0 saturated carbocycles. The zero-order valence-corrected chi connectivity index (χ0v) is 17.5. The Morgan fingerprint density at radius 2 is 1.97 bits per heavy atom. The van der Waals surface area contributed by atoms with E-state index in [4.69, 9.17) is 14.2 Å². The molecule has 0 aromatic heterocycles. The number of benzene rings is 2. The number of phenols is 1. The largest absolute Gasteiger partial charge is 0.507 e. The number of fused-ring (bicyclic) bond motifs is 3. The van der Waals surface area contributed by atoms with Crippen LogP contribution < -0.4 is 9.47 Å². The van der Waals surface area contributed by atoms with Crippen LogP contribution in [0.25, 0.3) is 16.9 Å². The number of rotatable bonds is 8. The number of aromatic hydroxyl groups is 1. The fourth-order valence-electron chi connectivity index (χ4n) is 3.26. The number of hydrogen-bond donors (Lipinski definition) is 1. The van der Waals surface area contributed by atoms with Gasteiger partial charge < -0.3 is 24.2 Å². The Bertz CT molecular complexity index is 1040. The van der Waals surface area contributed by atoms with Crippen molar-refractivity contribution in [3.8, 4) is 28.4 Å². The van der Waals surface area contributed by atoms with Gasteiger partial charge in [-0.2, -0.15) is 0 Å². The Morgan fingerprint density at radius 3 is 2.65 bits per heavy atom. The van der Waals surface area contributed by atoms with Crippen LogP contribution in [-0.4, -0.2) is 36.5 Å². The molecular formula is C22H23NO8. The molecule has 2 aromatic carbocycles. The number of nitrogens with zero attached hydrogens (tertiary/aromatic N) is 1. The molecule has 9 nitrogen and oxygen atoms in total. The maximum atomic E-state index is 12.6. The molecule has 0 amide bonds. The Hall–Kier alpha value is -3.75. The summed E-state index contributed by atoms with van der Waals surface area (Å²) in [5, 5.41) is 20.0. The van der Waals surface area contributed by atoms with Gasteiger partial charge in [0.15, 0.2) is 0 Å². The lowest BCUT2D eigenvalue weighted by atomic mass is 9.82. The minimum absolute atomic E-state index is 0.0342. The van der Waals surface area contributed by atoms with Crippen LogP contribution in [0.4, 0.5) is 0 Å². The zero-order valence-electron chi connectivity index (χ0n) is 17.5. The quantitative estimate of drug-likeness (QED) is 0.291. The van der Waals surface area contributed by atoms with Crippen molar-refractivity contribution in [2.24, 2.45) is 0 Å². The van der Waals surface area contributed by atoms with E-state index in [2.05, 4.69) is 11.4 Å². The second kappa shape index (κ2) is 8.55. The van der Waals surface area contributed by atoms with Crippen LogP contribution in [0.5, 0.6) is 17.2 Å². The molecule has 9 heteroatoms. The van der Waals surface area contributed by atoms with Crippen molar-refractivity contribution in [3.05, 3.63) is 58.2 Å². The van der Waals surface area contributed by atoms with Gasteiger partial charge in [-0.05, 0) is 49.7 Å². The Labute approximate surface area is 178 Å². The number of ether oxygens (including phenoxy) is 3. The topological polar surface area (TPSA) is 117 Å². The first-order chi connectivity index (χ1) is 14.6. The second-order valence-corrected chi connectivity index (χ2v) is 7.48. The van der Waals surface area contributed by atoms with Crippen molar-refractivity contribution in [1.82, 2.24) is 0 Å². The lowest BCUT2D eigenvalue weighted by Gasteiger charge is -2.28. The fourth-order valence-corrected chi connectivity index (χ4v) is 3.26. The highest BCUT2D eigenvalue weighted by atomic mass is 16.9. The number of hydrogen-bond acceptors (Lipinski definition) is 8. The summed E-state index contributed by atoms with van der Waals surface area (Å²) in [6, 6.07) is 8.53. The molecule has 0 spiro atoms. The molecule has 31 heavy (non-hydrogen) atoms. The van der Waals surface area contributed by atoms with E-state index in [1.165, 1.54) is 6.07 Å². The van der Waals surface area contributed by atoms with Crippen LogP contribution in [0, 0.1) is 10.1 Å². The SMILES string of the molecule is C=C1Oc2cc(C(C)(C)C(=O)OCCCO[N+](=O)[O-])cc(O)c2-c2cc(OC)ccc21. The van der Waals surface area contributed by atoms with E-state index in [9.17, 15) is 20.0 Å². The third kappa shape index (κ3) is 4.40. The van der Waals surface area contributed by atoms with Gasteiger partial charge >= 0.3 is 5.97 Å². The lowest BCUT2D eigenvalue weighted by Crippen LogP contribution is -2.31. The molecule has 0 unspecified atom stereocenters. The molecule has 0 atom stereocenters. The van der Waals surface area contributed by atoms with Crippen molar-refractivity contribution in [1.29, 1.82) is 0 Å². The van der Waals surface area contributed by atoms with E-state index in [-0.39, 0.29) is 25.4 Å². The van der Waals surface area contributed by atoms with E-state index in [1.54, 1.807) is 45.2 Å². The maximum absolute atomic E-state index is 12.6. The normalized spacial score (nSPS) is 12.3. The number of methoxy groups -OCH3 is 1. The molecule has 0 bridgehead atoms. The molecule has 2 aromatic rings. The van der Waals surface area contributed by atoms with Gasteiger partial charge in [0.25, 0.3) is 5.09 Å². The van der Waals surface area contributed by atoms with Crippen molar-refractivity contribution in [2.75, 3.05) is 20.3 Å². The summed E-state index contributed by atoms with van der Waals surface area (Å²) in [5.74, 6) is 0.779. The molecule has 1 aliphatic heterocycles. The van der Waals surface area contributed by atoms with Crippen LogP contribution in [-0.2, 0) is 19.8 Å². The van der Waals surface area contributed by atoms with Crippen molar-refractivity contribution in [2.45, 2.75) is 25.7 Å². The number of carbonyl (C=O) groups is 1. The van der Waals surface area contributed by atoms with Gasteiger partial charge in [0.05, 0.1) is 31.3 Å². The molecule has 0 saturated heterocycles. The highest BCUT2D eigenvalue weighted by molar-refractivity contribution is 5.91. The zero-order chi connectivity index (χ0) is 22.8. The summed E-state index contributed by atoms with van der Waals surface area (Å²) in [4.78, 5) is 27.0. The minimum Gasteiger partial charge on any atom is -0.507 e. The molecule has 0 fully saturated rings. The average molecular weight is 429 g/mol. The number of phenolic OH excluding ortho intramolecular Hbond substituents is 1. The first-order valence-corrected chi connectivity index (χ1v) is 9.52. The molecule has 0 radical (unpaired) electrons. The van der Waals surface area contributed by atoms with E-state index < -0.39 is 16.5 Å². The number of carbonyl (C=O) groups excluding carboxylic acids is 1. The van der Waals surface area contributed by atoms with Gasteiger partial charge in [-0.25, -0.2) is 0 Å². The summed E-state index contributed by atoms with van der Waals surface area (Å²) in [6.07, 6.45) is 0.180. The van der Waals surface area contributed by atoms with Gasteiger partial charge in [-0.1, -0.05) is 6.58 Å². The van der Waals surface area contributed by atoms with Gasteiger partial charge in [0, 0.05) is 17.5 Å². The van der Waals surface area contributed by atoms with Crippen LogP contribution in [0.3, 0.4) is 0 Å². The third-order valence-electron chi connectivity index (χ3n) is 5.06. The Morgan fingerprint density at radius 1 is 1.23 bits per heavy atom. The first-order valence-electron chi connectivity index (χ1n) is 9.52. The lowest BCUT2D eigenvalue weighted by molar-refractivity contribution is -0.757.